The number of hydrogen-bond acceptors (Lipinski definition) is 8. The molecular weight excluding hydrogens is 640 g/mol. The molecule has 10 nitrogen and oxygen atoms in total. The van der Waals surface area contributed by atoms with Crippen LogP contribution in [0.15, 0.2) is 122 Å². The van der Waals surface area contributed by atoms with Crippen LogP contribution in [0.25, 0.3) is 11.1 Å². The second-order valence-corrected chi connectivity index (χ2v) is 13.0. The molecule has 2 aliphatic heterocycles. The monoisotopic (exact) mass is 684 g/mol. The zero-order valence-electron chi connectivity index (χ0n) is 28.6. The number of amides is 2. The van der Waals surface area contributed by atoms with Crippen LogP contribution in [0.5, 0.6) is 0 Å². The Bertz CT molecular complexity index is 1830. The third-order valence-corrected chi connectivity index (χ3v) is 9.53. The first-order valence-corrected chi connectivity index (χ1v) is 17.6. The van der Waals surface area contributed by atoms with Crippen molar-refractivity contribution in [2.24, 2.45) is 0 Å². The highest BCUT2D eigenvalue weighted by Crippen LogP contribution is 2.39. The number of nitrogens with one attached hydrogen (secondary N) is 2. The second kappa shape index (κ2) is 16.7. The molecule has 3 N–H and O–H groups in total. The lowest BCUT2D eigenvalue weighted by Crippen LogP contribution is -2.50. The van der Waals surface area contributed by atoms with Crippen molar-refractivity contribution in [2.45, 2.75) is 44.6 Å². The van der Waals surface area contributed by atoms with Crippen molar-refractivity contribution in [1.82, 2.24) is 25.5 Å². The number of urea groups is 1. The van der Waals surface area contributed by atoms with Crippen molar-refractivity contribution in [1.29, 1.82) is 0 Å². The van der Waals surface area contributed by atoms with Crippen molar-refractivity contribution in [3.05, 3.63) is 149 Å². The SMILES string of the molecule is O=C(NCc1ccccc1)NCc1ccccc1-c1ccc(C2OC(CN3CCN(c4ncccn4)CC3)CC(c3ccc(CO)cc3)O2)cc1. The Morgan fingerprint density at radius 3 is 2.16 bits per heavy atom. The lowest BCUT2D eigenvalue weighted by atomic mass is 9.97. The third kappa shape index (κ3) is 8.97. The quantitative estimate of drug-likeness (QED) is 0.155. The number of anilines is 1. The third-order valence-electron chi connectivity index (χ3n) is 9.53. The van der Waals surface area contributed by atoms with Crippen molar-refractivity contribution in [3.63, 3.8) is 0 Å². The number of hydrogen-bond donors (Lipinski definition) is 3. The van der Waals surface area contributed by atoms with E-state index in [1.54, 1.807) is 12.4 Å². The van der Waals surface area contributed by atoms with E-state index in [4.69, 9.17) is 9.47 Å². The standard InChI is InChI=1S/C41H44N6O4/c48-29-31-11-13-33(14-12-31)38-25-36(28-46-21-23-47(24-22-46)40-42-19-6-20-43-40)50-39(51-38)34-17-15-32(16-18-34)37-10-5-4-9-35(37)27-45-41(49)44-26-30-7-2-1-3-8-30/h1-20,36,38-39,48H,21-29H2,(H2,44,45,49). The number of carbonyl (C=O) groups is 1. The van der Waals surface area contributed by atoms with Gasteiger partial charge in [0.2, 0.25) is 5.95 Å². The first-order chi connectivity index (χ1) is 25.1. The van der Waals surface area contributed by atoms with Crippen molar-refractivity contribution in [2.75, 3.05) is 37.6 Å². The molecule has 3 unspecified atom stereocenters. The van der Waals surface area contributed by atoms with Crippen molar-refractivity contribution >= 4 is 12.0 Å². The Morgan fingerprint density at radius 1 is 0.725 bits per heavy atom. The van der Waals surface area contributed by atoms with E-state index >= 15 is 0 Å². The molecule has 1 aromatic heterocycles. The van der Waals surface area contributed by atoms with E-state index in [0.717, 1.165) is 84.0 Å². The Morgan fingerprint density at radius 2 is 1.41 bits per heavy atom. The van der Waals surface area contributed by atoms with Gasteiger partial charge in [-0.25, -0.2) is 14.8 Å². The Balaban J connectivity index is 1.02. The van der Waals surface area contributed by atoms with E-state index in [9.17, 15) is 9.90 Å². The predicted molar refractivity (Wildman–Crippen MR) is 197 cm³/mol. The van der Waals surface area contributed by atoms with E-state index < -0.39 is 6.29 Å². The average molecular weight is 685 g/mol. The van der Waals surface area contributed by atoms with Crippen LogP contribution in [-0.4, -0.2) is 64.8 Å². The molecule has 4 aromatic carbocycles. The van der Waals surface area contributed by atoms with Crippen LogP contribution in [0.4, 0.5) is 10.7 Å². The number of aromatic nitrogens is 2. The zero-order valence-corrected chi connectivity index (χ0v) is 28.6. The lowest BCUT2D eigenvalue weighted by molar-refractivity contribution is -0.253. The summed E-state index contributed by atoms with van der Waals surface area (Å²) in [6.45, 7) is 5.20. The van der Waals surface area contributed by atoms with Gasteiger partial charge < -0.3 is 30.1 Å². The maximum Gasteiger partial charge on any atom is 0.315 e. The molecule has 0 spiro atoms. The minimum Gasteiger partial charge on any atom is -0.392 e. The molecule has 2 saturated heterocycles. The molecule has 262 valence electrons. The van der Waals surface area contributed by atoms with Gasteiger partial charge in [0, 0.05) is 70.2 Å². The van der Waals surface area contributed by atoms with Crippen LogP contribution in [0.3, 0.4) is 0 Å². The van der Waals surface area contributed by atoms with Gasteiger partial charge in [-0.05, 0) is 39.4 Å². The number of ether oxygens (including phenoxy) is 2. The first kappa shape index (κ1) is 34.3. The van der Waals surface area contributed by atoms with E-state index in [2.05, 4.69) is 60.7 Å². The highest BCUT2D eigenvalue weighted by molar-refractivity contribution is 5.75. The number of carbonyl (C=O) groups excluding carboxylic acids is 1. The molecule has 0 bridgehead atoms. The lowest BCUT2D eigenvalue weighted by Gasteiger charge is -2.40. The number of aliphatic hydroxyl groups excluding tert-OH is 1. The number of nitrogens with zero attached hydrogens (tertiary/aromatic N) is 4. The smallest absolute Gasteiger partial charge is 0.315 e. The molecule has 2 amide bonds. The van der Waals surface area contributed by atoms with Gasteiger partial charge in [-0.2, -0.15) is 0 Å². The summed E-state index contributed by atoms with van der Waals surface area (Å²) in [4.78, 5) is 26.1. The molecule has 0 saturated carbocycles. The second-order valence-electron chi connectivity index (χ2n) is 13.0. The summed E-state index contributed by atoms with van der Waals surface area (Å²) in [5.41, 5.74) is 7.06. The number of benzene rings is 4. The van der Waals surface area contributed by atoms with Gasteiger partial charge in [0.05, 0.1) is 18.8 Å². The van der Waals surface area contributed by atoms with E-state index in [0.29, 0.717) is 13.1 Å². The van der Waals surface area contributed by atoms with Crippen molar-refractivity contribution in [3.8, 4) is 11.1 Å². The Kier molecular flexibility index (Phi) is 11.3. The van der Waals surface area contributed by atoms with Gasteiger partial charge in [0.1, 0.15) is 0 Å². The normalized spacial score (nSPS) is 19.4. The molecule has 2 aliphatic rings. The van der Waals surface area contributed by atoms with E-state index in [1.807, 2.05) is 78.9 Å². The summed E-state index contributed by atoms with van der Waals surface area (Å²) in [6.07, 6.45) is 3.58. The largest absolute Gasteiger partial charge is 0.392 e. The minimum absolute atomic E-state index is 0.00710. The van der Waals surface area contributed by atoms with Gasteiger partial charge in [-0.15, -0.1) is 0 Å². The van der Waals surface area contributed by atoms with Crippen LogP contribution in [0, 0.1) is 0 Å². The summed E-state index contributed by atoms with van der Waals surface area (Å²) in [7, 11) is 0. The summed E-state index contributed by atoms with van der Waals surface area (Å²) in [6, 6.07) is 35.9. The van der Waals surface area contributed by atoms with Gasteiger partial charge >= 0.3 is 6.03 Å². The van der Waals surface area contributed by atoms with E-state index in [1.165, 1.54) is 0 Å². The Labute approximate surface area is 299 Å². The molecule has 10 heteroatoms. The van der Waals surface area contributed by atoms with Gasteiger partial charge in [-0.1, -0.05) is 103 Å². The summed E-state index contributed by atoms with van der Waals surface area (Å²) >= 11 is 0. The minimum atomic E-state index is -0.537. The van der Waals surface area contributed by atoms with Crippen LogP contribution >= 0.6 is 0 Å². The topological polar surface area (TPSA) is 112 Å². The number of piperazine rings is 1. The molecule has 2 fully saturated rings. The maximum absolute atomic E-state index is 12.6. The first-order valence-electron chi connectivity index (χ1n) is 17.6. The summed E-state index contributed by atoms with van der Waals surface area (Å²) in [5, 5.41) is 15.5. The van der Waals surface area contributed by atoms with Gasteiger partial charge in [-0.3, -0.25) is 4.90 Å². The van der Waals surface area contributed by atoms with E-state index in [-0.39, 0.29) is 24.8 Å². The molecule has 3 atom stereocenters. The van der Waals surface area contributed by atoms with Crippen LogP contribution < -0.4 is 15.5 Å². The average Bonchev–Trinajstić information content (AvgIpc) is 3.20. The number of rotatable bonds is 11. The van der Waals surface area contributed by atoms with Crippen LogP contribution in [0.2, 0.25) is 0 Å². The summed E-state index contributed by atoms with van der Waals surface area (Å²) in [5.74, 6) is 0.776. The van der Waals surface area contributed by atoms with Crippen LogP contribution in [0.1, 0.15) is 46.6 Å². The van der Waals surface area contributed by atoms with Gasteiger partial charge in [0.15, 0.2) is 6.29 Å². The fourth-order valence-electron chi connectivity index (χ4n) is 6.70. The Hall–Kier alpha value is -5.13. The molecule has 0 aliphatic carbocycles. The van der Waals surface area contributed by atoms with Crippen molar-refractivity contribution < 1.29 is 19.4 Å². The van der Waals surface area contributed by atoms with Crippen LogP contribution in [-0.2, 0) is 29.2 Å². The highest BCUT2D eigenvalue weighted by Gasteiger charge is 2.34. The molecule has 3 heterocycles. The number of aliphatic hydroxyl groups is 1. The molecule has 7 rings (SSSR count). The predicted octanol–water partition coefficient (Wildman–Crippen LogP) is 6.00. The summed E-state index contributed by atoms with van der Waals surface area (Å²) < 4.78 is 13.3. The highest BCUT2D eigenvalue weighted by atomic mass is 16.7. The maximum atomic E-state index is 12.6. The fourth-order valence-corrected chi connectivity index (χ4v) is 6.70. The zero-order chi connectivity index (χ0) is 34.8. The fraction of sp³-hybridized carbons (Fsp3) is 0.293. The molecule has 5 aromatic rings. The molecular formula is C41H44N6O4. The van der Waals surface area contributed by atoms with Gasteiger partial charge in [0.25, 0.3) is 0 Å². The molecule has 51 heavy (non-hydrogen) atoms. The molecule has 0 radical (unpaired) electrons.